The third-order valence-electron chi connectivity index (χ3n) is 7.82. The lowest BCUT2D eigenvalue weighted by Crippen LogP contribution is -2.28. The molecule has 5 rings (SSSR count). The first-order valence-electron chi connectivity index (χ1n) is 13.6. The average molecular weight is 494 g/mol. The lowest BCUT2D eigenvalue weighted by molar-refractivity contribution is -0.137. The molecule has 4 heterocycles. The van der Waals surface area contributed by atoms with Gasteiger partial charge in [0.15, 0.2) is 0 Å². The molecule has 1 aromatic carbocycles. The Morgan fingerprint density at radius 1 is 1.25 bits per heavy atom. The van der Waals surface area contributed by atoms with Crippen LogP contribution in [0.5, 0.6) is 5.75 Å². The van der Waals surface area contributed by atoms with Gasteiger partial charge in [0.1, 0.15) is 18.2 Å². The Morgan fingerprint density at radius 3 is 3.06 bits per heavy atom. The van der Waals surface area contributed by atoms with E-state index in [1.165, 1.54) is 17.7 Å². The van der Waals surface area contributed by atoms with E-state index in [-0.39, 0.29) is 18.4 Å². The Kier molecular flexibility index (Phi) is 8.39. The van der Waals surface area contributed by atoms with Gasteiger partial charge in [-0.3, -0.25) is 4.79 Å². The van der Waals surface area contributed by atoms with Crippen LogP contribution in [0.15, 0.2) is 36.4 Å². The maximum atomic E-state index is 11.7. The Hall–Kier alpha value is -2.64. The number of aryl methyl sites for hydroxylation is 2. The molecule has 0 spiro atoms. The number of fused-ring (bicyclic) bond motifs is 1. The van der Waals surface area contributed by atoms with Crippen molar-refractivity contribution in [2.45, 2.75) is 63.4 Å². The van der Waals surface area contributed by atoms with Gasteiger partial charge in [-0.2, -0.15) is 0 Å². The lowest BCUT2D eigenvalue weighted by Gasteiger charge is -2.24. The highest BCUT2D eigenvalue weighted by Crippen LogP contribution is 2.29. The number of nitrogens with one attached hydrogen (secondary N) is 1. The molecule has 1 aromatic heterocycles. The number of carboxylic acid groups (broad SMARTS) is 1. The van der Waals surface area contributed by atoms with Gasteiger partial charge in [0.2, 0.25) is 0 Å². The van der Waals surface area contributed by atoms with E-state index in [1.54, 1.807) is 0 Å². The van der Waals surface area contributed by atoms with Crippen LogP contribution in [-0.2, 0) is 22.4 Å². The third-order valence-corrected chi connectivity index (χ3v) is 7.82. The van der Waals surface area contributed by atoms with Crippen molar-refractivity contribution in [3.63, 3.8) is 0 Å². The van der Waals surface area contributed by atoms with Crippen molar-refractivity contribution in [2.75, 3.05) is 44.7 Å². The minimum absolute atomic E-state index is 0.0547. The van der Waals surface area contributed by atoms with Gasteiger partial charge in [-0.1, -0.05) is 18.2 Å². The molecule has 2 N–H and O–H groups in total. The van der Waals surface area contributed by atoms with Crippen LogP contribution in [0.25, 0.3) is 0 Å². The number of pyridine rings is 1. The van der Waals surface area contributed by atoms with Gasteiger partial charge in [-0.05, 0) is 86.7 Å². The Bertz CT molecular complexity index is 1020. The first-order valence-corrected chi connectivity index (χ1v) is 13.6. The van der Waals surface area contributed by atoms with Crippen molar-refractivity contribution in [2.24, 2.45) is 5.92 Å². The number of anilines is 1. The molecule has 0 bridgehead atoms. The van der Waals surface area contributed by atoms with Gasteiger partial charge >= 0.3 is 5.97 Å². The quantitative estimate of drug-likeness (QED) is 0.476. The van der Waals surface area contributed by atoms with Gasteiger partial charge in [-0.15, -0.1) is 0 Å². The van der Waals surface area contributed by atoms with Crippen molar-refractivity contribution >= 4 is 11.8 Å². The van der Waals surface area contributed by atoms with Crippen molar-refractivity contribution in [3.05, 3.63) is 53.2 Å². The number of carboxylic acids is 1. The minimum Gasteiger partial charge on any atom is -0.491 e. The van der Waals surface area contributed by atoms with E-state index in [1.807, 2.05) is 24.3 Å². The molecule has 2 fully saturated rings. The second-order valence-electron chi connectivity index (χ2n) is 10.6. The molecule has 3 aliphatic heterocycles. The zero-order chi connectivity index (χ0) is 24.7. The standard InChI is InChI=1S/C29H39N3O4/c33-28(34)17-24(23-4-1-6-26(16-23)36-20-27-7-3-15-35-27)19-32-14-12-21(18-32)8-10-25-11-9-22-5-2-13-30-29(22)31-25/h1,4,6,9,11,16,21,24,27H,2-3,5,7-8,10,12-15,17-20H2,(H,30,31)(H,33,34)/t21-,24-,27+/m1/s1. The van der Waals surface area contributed by atoms with E-state index in [2.05, 4.69) is 22.3 Å². The maximum Gasteiger partial charge on any atom is 0.304 e. The zero-order valence-electron chi connectivity index (χ0n) is 21.2. The molecule has 194 valence electrons. The fraction of sp³-hybridized carbons (Fsp3) is 0.586. The first-order chi connectivity index (χ1) is 17.6. The van der Waals surface area contributed by atoms with Gasteiger partial charge < -0.3 is 24.8 Å². The molecule has 0 amide bonds. The number of ether oxygens (including phenoxy) is 2. The second-order valence-corrected chi connectivity index (χ2v) is 10.6. The summed E-state index contributed by atoms with van der Waals surface area (Å²) >= 11 is 0. The molecular weight excluding hydrogens is 454 g/mol. The normalized spacial score (nSPS) is 22.7. The van der Waals surface area contributed by atoms with Crippen LogP contribution in [0.2, 0.25) is 0 Å². The highest BCUT2D eigenvalue weighted by atomic mass is 16.5. The molecule has 2 aromatic rings. The maximum absolute atomic E-state index is 11.7. The number of likely N-dealkylation sites (tertiary alicyclic amines) is 1. The molecule has 3 atom stereocenters. The van der Waals surface area contributed by atoms with Crippen LogP contribution in [0.1, 0.15) is 61.3 Å². The highest BCUT2D eigenvalue weighted by molar-refractivity contribution is 5.68. The highest BCUT2D eigenvalue weighted by Gasteiger charge is 2.27. The third kappa shape index (κ3) is 6.77. The van der Waals surface area contributed by atoms with E-state index in [4.69, 9.17) is 14.5 Å². The fourth-order valence-corrected chi connectivity index (χ4v) is 5.81. The lowest BCUT2D eigenvalue weighted by atomic mass is 9.94. The van der Waals surface area contributed by atoms with E-state index in [0.29, 0.717) is 12.5 Å². The topological polar surface area (TPSA) is 83.9 Å². The number of benzene rings is 1. The Balaban J connectivity index is 1.14. The predicted molar refractivity (Wildman–Crippen MR) is 140 cm³/mol. The molecule has 0 aliphatic carbocycles. The summed E-state index contributed by atoms with van der Waals surface area (Å²) in [5.74, 6) is 1.69. The van der Waals surface area contributed by atoms with E-state index in [0.717, 1.165) is 88.4 Å². The summed E-state index contributed by atoms with van der Waals surface area (Å²) in [5, 5.41) is 13.0. The summed E-state index contributed by atoms with van der Waals surface area (Å²) in [6, 6.07) is 12.4. The summed E-state index contributed by atoms with van der Waals surface area (Å²) in [7, 11) is 0. The number of aromatic nitrogens is 1. The van der Waals surface area contributed by atoms with E-state index in [9.17, 15) is 9.90 Å². The van der Waals surface area contributed by atoms with E-state index >= 15 is 0 Å². The Morgan fingerprint density at radius 2 is 2.19 bits per heavy atom. The van der Waals surface area contributed by atoms with Crippen molar-refractivity contribution in [1.82, 2.24) is 9.88 Å². The fourth-order valence-electron chi connectivity index (χ4n) is 5.81. The van der Waals surface area contributed by atoms with Crippen molar-refractivity contribution in [3.8, 4) is 5.75 Å². The van der Waals surface area contributed by atoms with Gasteiger partial charge in [0, 0.05) is 37.9 Å². The van der Waals surface area contributed by atoms with Crippen molar-refractivity contribution < 1.29 is 19.4 Å². The summed E-state index contributed by atoms with van der Waals surface area (Å²) in [4.78, 5) is 19.0. The Labute approximate surface area is 214 Å². The molecule has 0 radical (unpaired) electrons. The number of hydrogen-bond acceptors (Lipinski definition) is 6. The molecule has 0 unspecified atom stereocenters. The van der Waals surface area contributed by atoms with Gasteiger partial charge in [-0.25, -0.2) is 4.98 Å². The number of nitrogens with zero attached hydrogens (tertiary/aromatic N) is 2. The van der Waals surface area contributed by atoms with Gasteiger partial charge in [0.25, 0.3) is 0 Å². The average Bonchev–Trinajstić information content (AvgIpc) is 3.58. The molecule has 36 heavy (non-hydrogen) atoms. The summed E-state index contributed by atoms with van der Waals surface area (Å²) < 4.78 is 11.6. The molecule has 7 nitrogen and oxygen atoms in total. The summed E-state index contributed by atoms with van der Waals surface area (Å²) in [6.45, 7) is 5.19. The van der Waals surface area contributed by atoms with E-state index < -0.39 is 5.97 Å². The van der Waals surface area contributed by atoms with Crippen LogP contribution < -0.4 is 10.1 Å². The number of carbonyl (C=O) groups is 1. The molecular formula is C29H39N3O4. The smallest absolute Gasteiger partial charge is 0.304 e. The summed E-state index contributed by atoms with van der Waals surface area (Å²) in [5.41, 5.74) is 3.55. The largest absolute Gasteiger partial charge is 0.491 e. The SMILES string of the molecule is O=C(O)C[C@H](CN1CC[C@@H](CCc2ccc3c(n2)NCCC3)C1)c1cccc(OC[C@@H]2CCCO2)c1. The second kappa shape index (κ2) is 12.1. The molecule has 3 aliphatic rings. The number of rotatable bonds is 11. The first kappa shape index (κ1) is 25.0. The van der Waals surface area contributed by atoms with Crippen molar-refractivity contribution in [1.29, 1.82) is 0 Å². The van der Waals surface area contributed by atoms with Crippen LogP contribution in [-0.4, -0.2) is 66.5 Å². The zero-order valence-corrected chi connectivity index (χ0v) is 21.2. The van der Waals surface area contributed by atoms with Crippen LogP contribution in [0.3, 0.4) is 0 Å². The molecule has 7 heteroatoms. The number of aliphatic carboxylic acids is 1. The van der Waals surface area contributed by atoms with Crippen LogP contribution in [0.4, 0.5) is 5.82 Å². The number of hydrogen-bond donors (Lipinski definition) is 2. The van der Waals surface area contributed by atoms with Crippen LogP contribution >= 0.6 is 0 Å². The monoisotopic (exact) mass is 493 g/mol. The van der Waals surface area contributed by atoms with Gasteiger partial charge in [0.05, 0.1) is 12.5 Å². The molecule has 0 saturated carbocycles. The molecule has 2 saturated heterocycles. The minimum atomic E-state index is -0.756. The predicted octanol–water partition coefficient (Wildman–Crippen LogP) is 4.51. The van der Waals surface area contributed by atoms with Crippen LogP contribution in [0, 0.1) is 5.92 Å². The summed E-state index contributed by atoms with van der Waals surface area (Å²) in [6.07, 6.45) is 8.00.